The van der Waals surface area contributed by atoms with E-state index in [1.54, 1.807) is 20.4 Å². The summed E-state index contributed by atoms with van der Waals surface area (Å²) in [7, 11) is 3.13. The second kappa shape index (κ2) is 4.85. The molecule has 2 aromatic rings. The van der Waals surface area contributed by atoms with Gasteiger partial charge in [-0.25, -0.2) is 4.98 Å². The van der Waals surface area contributed by atoms with Gasteiger partial charge in [-0.2, -0.15) is 0 Å². The van der Waals surface area contributed by atoms with Crippen molar-refractivity contribution in [3.8, 4) is 22.8 Å². The quantitative estimate of drug-likeness (QED) is 0.926. The van der Waals surface area contributed by atoms with Gasteiger partial charge in [0.1, 0.15) is 0 Å². The molecular weight excluding hydrogens is 256 g/mol. The lowest BCUT2D eigenvalue weighted by atomic mass is 10.0. The van der Waals surface area contributed by atoms with Crippen LogP contribution < -0.4 is 14.8 Å². The first-order valence-electron chi connectivity index (χ1n) is 6.22. The number of rotatable bonds is 3. The lowest BCUT2D eigenvalue weighted by Gasteiger charge is -2.09. The number of benzene rings is 1. The number of hydrogen-bond donors (Lipinski definition) is 1. The van der Waals surface area contributed by atoms with E-state index in [2.05, 4.69) is 10.3 Å². The first kappa shape index (κ1) is 12.5. The van der Waals surface area contributed by atoms with Crippen molar-refractivity contribution in [2.45, 2.75) is 6.54 Å². The molecular formula is C15H14N2O3. The van der Waals surface area contributed by atoms with E-state index in [0.29, 0.717) is 18.2 Å². The van der Waals surface area contributed by atoms with Gasteiger partial charge in [-0.15, -0.1) is 0 Å². The topological polar surface area (TPSA) is 60.5 Å². The van der Waals surface area contributed by atoms with E-state index >= 15 is 0 Å². The molecule has 2 heterocycles. The zero-order valence-corrected chi connectivity index (χ0v) is 11.3. The van der Waals surface area contributed by atoms with Crippen LogP contribution in [0.2, 0.25) is 0 Å². The van der Waals surface area contributed by atoms with E-state index in [-0.39, 0.29) is 5.91 Å². The average Bonchev–Trinajstić information content (AvgIpc) is 2.87. The van der Waals surface area contributed by atoms with Gasteiger partial charge in [0.2, 0.25) is 0 Å². The third kappa shape index (κ3) is 1.97. The van der Waals surface area contributed by atoms with Crippen LogP contribution in [0.15, 0.2) is 30.5 Å². The van der Waals surface area contributed by atoms with Crippen molar-refractivity contribution in [3.63, 3.8) is 0 Å². The van der Waals surface area contributed by atoms with Crippen LogP contribution in [-0.2, 0) is 6.54 Å². The highest BCUT2D eigenvalue weighted by molar-refractivity contribution is 5.98. The molecule has 5 nitrogen and oxygen atoms in total. The monoisotopic (exact) mass is 270 g/mol. The maximum Gasteiger partial charge on any atom is 0.256 e. The van der Waals surface area contributed by atoms with Crippen molar-refractivity contribution in [2.24, 2.45) is 0 Å². The summed E-state index contributed by atoms with van der Waals surface area (Å²) in [5.41, 5.74) is 3.66. The third-order valence-corrected chi connectivity index (χ3v) is 3.35. The Bertz CT molecular complexity index is 683. The number of nitrogens with one attached hydrogen (secondary N) is 1. The van der Waals surface area contributed by atoms with Gasteiger partial charge in [0.15, 0.2) is 5.75 Å². The molecule has 3 rings (SSSR count). The predicted molar refractivity (Wildman–Crippen MR) is 73.9 cm³/mol. The minimum atomic E-state index is -0.0167. The van der Waals surface area contributed by atoms with Gasteiger partial charge in [0.05, 0.1) is 14.2 Å². The van der Waals surface area contributed by atoms with Crippen LogP contribution in [0.4, 0.5) is 0 Å². The number of nitrogens with zero attached hydrogens (tertiary/aromatic N) is 1. The molecule has 1 amide bonds. The Labute approximate surface area is 116 Å². The minimum absolute atomic E-state index is 0.0167. The standard InChI is InChI=1S/C15H14N2O3/c1-19-13-6-10(7-17-15(13)20-2)9-3-4-12-11(5-9)8-16-14(12)18/h3-7H,8H2,1-2H3,(H,16,18). The van der Waals surface area contributed by atoms with Crippen LogP contribution in [-0.4, -0.2) is 25.1 Å². The van der Waals surface area contributed by atoms with Crippen LogP contribution in [0, 0.1) is 0 Å². The summed E-state index contributed by atoms with van der Waals surface area (Å²) in [5.74, 6) is 1.02. The van der Waals surface area contributed by atoms with Gasteiger partial charge >= 0.3 is 0 Å². The molecule has 20 heavy (non-hydrogen) atoms. The van der Waals surface area contributed by atoms with Gasteiger partial charge in [-0.1, -0.05) is 6.07 Å². The van der Waals surface area contributed by atoms with Crippen molar-refractivity contribution < 1.29 is 14.3 Å². The first-order chi connectivity index (χ1) is 9.72. The Kier molecular flexibility index (Phi) is 3.02. The largest absolute Gasteiger partial charge is 0.491 e. The summed E-state index contributed by atoms with van der Waals surface area (Å²) in [6.07, 6.45) is 1.73. The van der Waals surface area contributed by atoms with E-state index < -0.39 is 0 Å². The smallest absolute Gasteiger partial charge is 0.256 e. The number of fused-ring (bicyclic) bond motifs is 1. The van der Waals surface area contributed by atoms with Gasteiger partial charge in [-0.05, 0) is 29.3 Å². The van der Waals surface area contributed by atoms with Crippen LogP contribution in [0.1, 0.15) is 15.9 Å². The maximum atomic E-state index is 11.5. The fourth-order valence-corrected chi connectivity index (χ4v) is 2.30. The third-order valence-electron chi connectivity index (χ3n) is 3.35. The van der Waals surface area contributed by atoms with Crippen LogP contribution in [0.3, 0.4) is 0 Å². The second-order valence-corrected chi connectivity index (χ2v) is 4.49. The number of methoxy groups -OCH3 is 2. The van der Waals surface area contributed by atoms with Gasteiger partial charge in [0, 0.05) is 23.9 Å². The number of amides is 1. The molecule has 0 fully saturated rings. The Morgan fingerprint density at radius 2 is 2.00 bits per heavy atom. The van der Waals surface area contributed by atoms with E-state index in [4.69, 9.17) is 9.47 Å². The number of pyridine rings is 1. The highest BCUT2D eigenvalue weighted by Gasteiger charge is 2.19. The van der Waals surface area contributed by atoms with Gasteiger partial charge in [-0.3, -0.25) is 4.79 Å². The molecule has 1 N–H and O–H groups in total. The number of ether oxygens (including phenoxy) is 2. The Morgan fingerprint density at radius 3 is 2.75 bits per heavy atom. The molecule has 0 saturated heterocycles. The van der Waals surface area contributed by atoms with Gasteiger partial charge < -0.3 is 14.8 Å². The molecule has 0 atom stereocenters. The molecule has 0 saturated carbocycles. The minimum Gasteiger partial charge on any atom is -0.491 e. The molecule has 5 heteroatoms. The van der Waals surface area contributed by atoms with E-state index in [0.717, 1.165) is 22.3 Å². The number of aromatic nitrogens is 1. The zero-order valence-electron chi connectivity index (χ0n) is 11.3. The summed E-state index contributed by atoms with van der Waals surface area (Å²) < 4.78 is 10.4. The summed E-state index contributed by atoms with van der Waals surface area (Å²) in [4.78, 5) is 15.8. The Hall–Kier alpha value is -2.56. The van der Waals surface area contributed by atoms with E-state index in [1.165, 1.54) is 0 Å². The fourth-order valence-electron chi connectivity index (χ4n) is 2.30. The van der Waals surface area contributed by atoms with Gasteiger partial charge in [0.25, 0.3) is 11.8 Å². The Balaban J connectivity index is 2.03. The number of carbonyl (C=O) groups excluding carboxylic acids is 1. The maximum absolute atomic E-state index is 11.5. The van der Waals surface area contributed by atoms with Crippen molar-refractivity contribution >= 4 is 5.91 Å². The molecule has 102 valence electrons. The molecule has 0 radical (unpaired) electrons. The molecule has 1 aromatic carbocycles. The van der Waals surface area contributed by atoms with Crippen LogP contribution in [0.25, 0.3) is 11.1 Å². The highest BCUT2D eigenvalue weighted by atomic mass is 16.5. The van der Waals surface area contributed by atoms with Crippen molar-refractivity contribution in [1.82, 2.24) is 10.3 Å². The summed E-state index contributed by atoms with van der Waals surface area (Å²) >= 11 is 0. The molecule has 1 aromatic heterocycles. The SMILES string of the molecule is COc1cc(-c2ccc3c(c2)CNC3=O)cnc1OC. The molecule has 0 unspecified atom stereocenters. The molecule has 0 bridgehead atoms. The summed E-state index contributed by atoms with van der Waals surface area (Å²) in [6, 6.07) is 7.62. The number of carbonyl (C=O) groups is 1. The molecule has 1 aliphatic heterocycles. The van der Waals surface area contributed by atoms with E-state index in [1.807, 2.05) is 24.3 Å². The van der Waals surface area contributed by atoms with Crippen molar-refractivity contribution in [3.05, 3.63) is 41.6 Å². The summed E-state index contributed by atoms with van der Waals surface area (Å²) in [5, 5.41) is 2.81. The lowest BCUT2D eigenvalue weighted by Crippen LogP contribution is -2.12. The molecule has 0 aliphatic carbocycles. The normalized spacial score (nSPS) is 12.8. The first-order valence-corrected chi connectivity index (χ1v) is 6.22. The van der Waals surface area contributed by atoms with Crippen LogP contribution >= 0.6 is 0 Å². The lowest BCUT2D eigenvalue weighted by molar-refractivity contribution is 0.0966. The Morgan fingerprint density at radius 1 is 1.15 bits per heavy atom. The molecule has 0 spiro atoms. The molecule has 1 aliphatic rings. The predicted octanol–water partition coefficient (Wildman–Crippen LogP) is 2.01. The van der Waals surface area contributed by atoms with Crippen molar-refractivity contribution in [1.29, 1.82) is 0 Å². The number of hydrogen-bond acceptors (Lipinski definition) is 4. The van der Waals surface area contributed by atoms with Crippen LogP contribution in [0.5, 0.6) is 11.6 Å². The average molecular weight is 270 g/mol. The fraction of sp³-hybridized carbons (Fsp3) is 0.200. The summed E-state index contributed by atoms with van der Waals surface area (Å²) in [6.45, 7) is 0.572. The van der Waals surface area contributed by atoms with Crippen molar-refractivity contribution in [2.75, 3.05) is 14.2 Å². The zero-order chi connectivity index (χ0) is 14.1. The highest BCUT2D eigenvalue weighted by Crippen LogP contribution is 2.31. The second-order valence-electron chi connectivity index (χ2n) is 4.49. The van der Waals surface area contributed by atoms with E-state index in [9.17, 15) is 4.79 Å².